The van der Waals surface area contributed by atoms with Gasteiger partial charge in [-0.1, -0.05) is 0 Å². The highest BCUT2D eigenvalue weighted by Crippen LogP contribution is 2.17. The van der Waals surface area contributed by atoms with Crippen molar-refractivity contribution in [2.75, 3.05) is 5.32 Å². The molecule has 1 aromatic carbocycles. The summed E-state index contributed by atoms with van der Waals surface area (Å²) in [5.41, 5.74) is 3.86. The highest BCUT2D eigenvalue weighted by Gasteiger charge is 2.13. The van der Waals surface area contributed by atoms with E-state index >= 15 is 0 Å². The molecule has 2 rings (SSSR count). The Hall–Kier alpha value is -2.17. The second-order valence-electron chi connectivity index (χ2n) is 5.93. The van der Waals surface area contributed by atoms with Gasteiger partial charge >= 0.3 is 6.03 Å². The first-order valence-corrected chi connectivity index (χ1v) is 6.59. The fourth-order valence-corrected chi connectivity index (χ4v) is 1.81. The van der Waals surface area contributed by atoms with Crippen LogP contribution in [0.25, 0.3) is 11.0 Å². The van der Waals surface area contributed by atoms with Crippen molar-refractivity contribution in [1.82, 2.24) is 15.3 Å². The van der Waals surface area contributed by atoms with E-state index in [1.807, 2.05) is 52.8 Å². The molecule has 0 aliphatic carbocycles. The molecular formula is C15H20N4O. The third-order valence-electron chi connectivity index (χ3n) is 2.82. The minimum Gasteiger partial charge on any atom is -0.333 e. The van der Waals surface area contributed by atoms with Gasteiger partial charge in [0.25, 0.3) is 0 Å². The minimum atomic E-state index is -0.269. The van der Waals surface area contributed by atoms with Crippen LogP contribution in [-0.2, 0) is 0 Å². The fourth-order valence-electron chi connectivity index (χ4n) is 1.81. The molecule has 2 N–H and O–H groups in total. The van der Waals surface area contributed by atoms with Crippen LogP contribution in [0.3, 0.4) is 0 Å². The number of aryl methyl sites for hydroxylation is 2. The number of carbonyl (C=O) groups excluding carboxylic acids is 1. The third kappa shape index (κ3) is 3.44. The van der Waals surface area contributed by atoms with Crippen molar-refractivity contribution in [1.29, 1.82) is 0 Å². The van der Waals surface area contributed by atoms with Crippen LogP contribution in [0.4, 0.5) is 10.5 Å². The summed E-state index contributed by atoms with van der Waals surface area (Å²) < 4.78 is 0. The zero-order valence-corrected chi connectivity index (χ0v) is 12.5. The Labute approximate surface area is 118 Å². The highest BCUT2D eigenvalue weighted by atomic mass is 16.2. The fraction of sp³-hybridized carbons (Fsp3) is 0.400. The van der Waals surface area contributed by atoms with Crippen LogP contribution in [0.5, 0.6) is 0 Å². The van der Waals surface area contributed by atoms with Gasteiger partial charge < -0.3 is 10.6 Å². The van der Waals surface area contributed by atoms with E-state index in [0.717, 1.165) is 22.4 Å². The Kier molecular flexibility index (Phi) is 3.61. The van der Waals surface area contributed by atoms with Crippen LogP contribution < -0.4 is 10.6 Å². The average molecular weight is 272 g/mol. The summed E-state index contributed by atoms with van der Waals surface area (Å²) in [5.74, 6) is 0. The molecule has 1 heterocycles. The maximum atomic E-state index is 11.8. The van der Waals surface area contributed by atoms with Crippen LogP contribution in [-0.4, -0.2) is 21.5 Å². The van der Waals surface area contributed by atoms with Crippen LogP contribution in [0.1, 0.15) is 32.2 Å². The molecule has 0 unspecified atom stereocenters. The second kappa shape index (κ2) is 5.07. The number of anilines is 1. The van der Waals surface area contributed by atoms with Crippen molar-refractivity contribution in [2.45, 2.75) is 40.2 Å². The van der Waals surface area contributed by atoms with Gasteiger partial charge in [0.05, 0.1) is 22.4 Å². The molecular weight excluding hydrogens is 252 g/mol. The molecule has 1 aromatic heterocycles. The lowest BCUT2D eigenvalue weighted by Crippen LogP contribution is -2.43. The SMILES string of the molecule is Cc1nc2ccc(NC(=O)NC(C)(C)C)cc2nc1C. The van der Waals surface area contributed by atoms with Crippen LogP contribution >= 0.6 is 0 Å². The highest BCUT2D eigenvalue weighted by molar-refractivity contribution is 5.92. The summed E-state index contributed by atoms with van der Waals surface area (Å²) in [5, 5.41) is 5.66. The molecule has 0 fully saturated rings. The number of nitrogens with one attached hydrogen (secondary N) is 2. The molecule has 0 atom stereocenters. The molecule has 5 nitrogen and oxygen atoms in total. The molecule has 2 aromatic rings. The molecule has 106 valence electrons. The van der Waals surface area contributed by atoms with E-state index in [1.165, 1.54) is 0 Å². The Bertz CT molecular complexity index is 659. The Morgan fingerprint density at radius 1 is 1.05 bits per heavy atom. The normalized spacial score (nSPS) is 11.4. The predicted molar refractivity (Wildman–Crippen MR) is 80.9 cm³/mol. The third-order valence-corrected chi connectivity index (χ3v) is 2.82. The Balaban J connectivity index is 2.24. The summed E-state index contributed by atoms with van der Waals surface area (Å²) in [6.07, 6.45) is 0. The summed E-state index contributed by atoms with van der Waals surface area (Å²) in [6.45, 7) is 9.67. The number of nitrogens with zero attached hydrogens (tertiary/aromatic N) is 2. The van der Waals surface area contributed by atoms with E-state index in [2.05, 4.69) is 20.6 Å². The van der Waals surface area contributed by atoms with Crippen molar-refractivity contribution >= 4 is 22.8 Å². The van der Waals surface area contributed by atoms with Gasteiger partial charge in [-0.25, -0.2) is 14.8 Å². The maximum Gasteiger partial charge on any atom is 0.319 e. The first-order chi connectivity index (χ1) is 9.24. The number of hydrogen-bond acceptors (Lipinski definition) is 3. The number of amides is 2. The summed E-state index contributed by atoms with van der Waals surface area (Å²) in [4.78, 5) is 20.8. The number of fused-ring (bicyclic) bond motifs is 1. The maximum absolute atomic E-state index is 11.8. The predicted octanol–water partition coefficient (Wildman–Crippen LogP) is 3.17. The van der Waals surface area contributed by atoms with E-state index in [4.69, 9.17) is 0 Å². The van der Waals surface area contributed by atoms with E-state index in [9.17, 15) is 4.79 Å². The monoisotopic (exact) mass is 272 g/mol. The van der Waals surface area contributed by atoms with Gasteiger partial charge in [0.1, 0.15) is 0 Å². The topological polar surface area (TPSA) is 66.9 Å². The second-order valence-corrected chi connectivity index (χ2v) is 5.93. The number of urea groups is 1. The standard InChI is InChI=1S/C15H20N4O/c1-9-10(2)17-13-8-11(6-7-12(13)16-9)18-14(20)19-15(3,4)5/h6-8H,1-5H3,(H2,18,19,20). The van der Waals surface area contributed by atoms with Gasteiger partial charge in [-0.15, -0.1) is 0 Å². The van der Waals surface area contributed by atoms with Crippen molar-refractivity contribution in [3.63, 3.8) is 0 Å². The first-order valence-electron chi connectivity index (χ1n) is 6.59. The summed E-state index contributed by atoms with van der Waals surface area (Å²) in [7, 11) is 0. The van der Waals surface area contributed by atoms with Crippen molar-refractivity contribution in [2.24, 2.45) is 0 Å². The smallest absolute Gasteiger partial charge is 0.319 e. The minimum absolute atomic E-state index is 0.228. The van der Waals surface area contributed by atoms with Crippen molar-refractivity contribution < 1.29 is 4.79 Å². The lowest BCUT2D eigenvalue weighted by molar-refractivity contribution is 0.244. The zero-order chi connectivity index (χ0) is 14.9. The molecule has 0 radical (unpaired) electrons. The van der Waals surface area contributed by atoms with Crippen molar-refractivity contribution in [3.8, 4) is 0 Å². The number of aromatic nitrogens is 2. The van der Waals surface area contributed by atoms with E-state index < -0.39 is 0 Å². The lowest BCUT2D eigenvalue weighted by atomic mass is 10.1. The van der Waals surface area contributed by atoms with E-state index in [1.54, 1.807) is 0 Å². The number of benzene rings is 1. The molecule has 0 saturated carbocycles. The average Bonchev–Trinajstić information content (AvgIpc) is 2.28. The molecule has 20 heavy (non-hydrogen) atoms. The molecule has 0 bridgehead atoms. The largest absolute Gasteiger partial charge is 0.333 e. The van der Waals surface area contributed by atoms with Gasteiger partial charge in [-0.2, -0.15) is 0 Å². The van der Waals surface area contributed by atoms with Gasteiger partial charge in [-0.3, -0.25) is 0 Å². The van der Waals surface area contributed by atoms with E-state index in [-0.39, 0.29) is 11.6 Å². The summed E-state index contributed by atoms with van der Waals surface area (Å²) in [6, 6.07) is 5.29. The van der Waals surface area contributed by atoms with Crippen LogP contribution in [0.15, 0.2) is 18.2 Å². The Morgan fingerprint density at radius 2 is 1.65 bits per heavy atom. The molecule has 5 heteroatoms. The molecule has 0 spiro atoms. The van der Waals surface area contributed by atoms with Gasteiger partial charge in [0.2, 0.25) is 0 Å². The Morgan fingerprint density at radius 3 is 2.25 bits per heavy atom. The van der Waals surface area contributed by atoms with Gasteiger partial charge in [0.15, 0.2) is 0 Å². The molecule has 0 aliphatic rings. The van der Waals surface area contributed by atoms with Gasteiger partial charge in [-0.05, 0) is 52.8 Å². The number of hydrogen-bond donors (Lipinski definition) is 2. The van der Waals surface area contributed by atoms with Crippen molar-refractivity contribution in [3.05, 3.63) is 29.6 Å². The number of carbonyl (C=O) groups is 1. The molecule has 2 amide bonds. The summed E-state index contributed by atoms with van der Waals surface area (Å²) >= 11 is 0. The molecule has 0 saturated heterocycles. The van der Waals surface area contributed by atoms with E-state index in [0.29, 0.717) is 5.69 Å². The number of rotatable bonds is 1. The lowest BCUT2D eigenvalue weighted by Gasteiger charge is -2.20. The quantitative estimate of drug-likeness (QED) is 0.838. The first kappa shape index (κ1) is 14.2. The van der Waals surface area contributed by atoms with Gasteiger partial charge in [0, 0.05) is 11.2 Å². The van der Waals surface area contributed by atoms with Crippen LogP contribution in [0, 0.1) is 13.8 Å². The zero-order valence-electron chi connectivity index (χ0n) is 12.5. The molecule has 0 aliphatic heterocycles. The van der Waals surface area contributed by atoms with Crippen LogP contribution in [0.2, 0.25) is 0 Å².